The van der Waals surface area contributed by atoms with Gasteiger partial charge in [-0.15, -0.1) is 0 Å². The van der Waals surface area contributed by atoms with Gasteiger partial charge in [0.15, 0.2) is 0 Å². The van der Waals surface area contributed by atoms with E-state index in [9.17, 15) is 14.4 Å². The highest BCUT2D eigenvalue weighted by Gasteiger charge is 2.51. The summed E-state index contributed by atoms with van der Waals surface area (Å²) in [7, 11) is 0. The summed E-state index contributed by atoms with van der Waals surface area (Å²) in [5.74, 6) is -0.411. The first-order chi connectivity index (χ1) is 13.1. The summed E-state index contributed by atoms with van der Waals surface area (Å²) in [5.41, 5.74) is 8.55. The van der Waals surface area contributed by atoms with E-state index < -0.39 is 6.04 Å². The fourth-order valence-electron chi connectivity index (χ4n) is 3.63. The summed E-state index contributed by atoms with van der Waals surface area (Å²) in [4.78, 5) is 13.9. The van der Waals surface area contributed by atoms with Crippen LogP contribution in [0.25, 0.3) is 11.1 Å². The quantitative estimate of drug-likeness (QED) is 0.852. The molecule has 27 heavy (non-hydrogen) atoms. The van der Waals surface area contributed by atoms with Crippen LogP contribution >= 0.6 is 0 Å². The lowest BCUT2D eigenvalue weighted by atomic mass is 9.75. The summed E-state index contributed by atoms with van der Waals surface area (Å²) in [6.07, 6.45) is 0.828. The SMILES string of the molecule is CCCNC(=O)N1[C@H](C#N)[C@H](c2ccc(-c3cccc(F)c3)cc2)[C@H]1CN. The number of urea groups is 1. The molecule has 0 radical (unpaired) electrons. The van der Waals surface area contributed by atoms with Crippen LogP contribution in [0.3, 0.4) is 0 Å². The standard InChI is InChI=1S/C21H23FN4O/c1-2-10-25-21(27)26-18(12-23)20(19(26)13-24)15-8-6-14(7-9-15)16-4-3-5-17(22)11-16/h3-9,11,18-20H,2,10,12,23H2,1H3,(H,25,27)/t18-,19-,20-/m1/s1. The zero-order valence-corrected chi connectivity index (χ0v) is 15.2. The van der Waals surface area contributed by atoms with E-state index in [1.165, 1.54) is 12.1 Å². The fourth-order valence-corrected chi connectivity index (χ4v) is 3.63. The first-order valence-corrected chi connectivity index (χ1v) is 9.12. The van der Waals surface area contributed by atoms with E-state index in [-0.39, 0.29) is 30.4 Å². The van der Waals surface area contributed by atoms with Crippen LogP contribution in [0.1, 0.15) is 24.8 Å². The largest absolute Gasteiger partial charge is 0.338 e. The zero-order chi connectivity index (χ0) is 19.4. The molecular weight excluding hydrogens is 343 g/mol. The van der Waals surface area contributed by atoms with Crippen LogP contribution in [0.4, 0.5) is 9.18 Å². The number of hydrogen-bond acceptors (Lipinski definition) is 3. The predicted octanol–water partition coefficient (Wildman–Crippen LogP) is 3.23. The molecule has 3 rings (SSSR count). The Hall–Kier alpha value is -2.91. The topological polar surface area (TPSA) is 82.2 Å². The molecule has 2 aromatic rings. The van der Waals surface area contributed by atoms with Crippen LogP contribution in [0.5, 0.6) is 0 Å². The number of benzene rings is 2. The van der Waals surface area contributed by atoms with Crippen LogP contribution in [0, 0.1) is 17.1 Å². The molecule has 1 aliphatic rings. The lowest BCUT2D eigenvalue weighted by Crippen LogP contribution is -2.68. The van der Waals surface area contributed by atoms with Crippen molar-refractivity contribution >= 4 is 6.03 Å². The van der Waals surface area contributed by atoms with E-state index in [4.69, 9.17) is 5.73 Å². The zero-order valence-electron chi connectivity index (χ0n) is 15.2. The van der Waals surface area contributed by atoms with Gasteiger partial charge in [-0.05, 0) is 35.2 Å². The van der Waals surface area contributed by atoms with Crippen molar-refractivity contribution in [1.82, 2.24) is 10.2 Å². The minimum Gasteiger partial charge on any atom is -0.338 e. The van der Waals surface area contributed by atoms with E-state index >= 15 is 0 Å². The van der Waals surface area contributed by atoms with Crippen molar-refractivity contribution in [3.8, 4) is 17.2 Å². The number of rotatable bonds is 5. The van der Waals surface area contributed by atoms with E-state index in [0.717, 1.165) is 23.1 Å². The monoisotopic (exact) mass is 366 g/mol. The molecular formula is C21H23FN4O. The first kappa shape index (κ1) is 18.9. The van der Waals surface area contributed by atoms with Gasteiger partial charge in [-0.25, -0.2) is 9.18 Å². The highest BCUT2D eigenvalue weighted by Crippen LogP contribution is 2.40. The smallest absolute Gasteiger partial charge is 0.318 e. The third kappa shape index (κ3) is 3.64. The molecule has 1 fully saturated rings. The van der Waals surface area contributed by atoms with Gasteiger partial charge in [0, 0.05) is 19.0 Å². The summed E-state index contributed by atoms with van der Waals surface area (Å²) in [6.45, 7) is 2.83. The number of nitrogens with zero attached hydrogens (tertiary/aromatic N) is 2. The Kier molecular flexibility index (Phi) is 5.72. The second kappa shape index (κ2) is 8.19. The Bertz CT molecular complexity index is 846. The molecule has 0 aliphatic carbocycles. The lowest BCUT2D eigenvalue weighted by Gasteiger charge is -2.51. The van der Waals surface area contributed by atoms with E-state index in [1.807, 2.05) is 37.3 Å². The summed E-state index contributed by atoms with van der Waals surface area (Å²) < 4.78 is 13.4. The van der Waals surface area contributed by atoms with E-state index in [0.29, 0.717) is 6.54 Å². The van der Waals surface area contributed by atoms with Crippen molar-refractivity contribution in [1.29, 1.82) is 5.26 Å². The van der Waals surface area contributed by atoms with Gasteiger partial charge in [-0.3, -0.25) is 0 Å². The Morgan fingerprint density at radius 3 is 2.59 bits per heavy atom. The third-order valence-corrected chi connectivity index (χ3v) is 5.00. The van der Waals surface area contributed by atoms with Gasteiger partial charge in [0.25, 0.3) is 0 Å². The minimum atomic E-state index is -0.546. The number of carbonyl (C=O) groups excluding carboxylic acids is 1. The molecule has 0 spiro atoms. The molecule has 140 valence electrons. The molecule has 3 N–H and O–H groups in total. The molecule has 2 amide bonds. The van der Waals surface area contributed by atoms with Gasteiger partial charge in [0.1, 0.15) is 11.9 Å². The second-order valence-corrected chi connectivity index (χ2v) is 6.67. The summed E-state index contributed by atoms with van der Waals surface area (Å²) >= 11 is 0. The molecule has 1 heterocycles. The molecule has 0 unspecified atom stereocenters. The average molecular weight is 366 g/mol. The van der Waals surface area contributed by atoms with Crippen molar-refractivity contribution in [2.45, 2.75) is 31.3 Å². The maximum Gasteiger partial charge on any atom is 0.318 e. The Balaban J connectivity index is 1.81. The lowest BCUT2D eigenvalue weighted by molar-refractivity contribution is 0.0584. The Labute approximate surface area is 158 Å². The van der Waals surface area contributed by atoms with Gasteiger partial charge >= 0.3 is 6.03 Å². The molecule has 1 saturated heterocycles. The number of carbonyl (C=O) groups is 1. The van der Waals surface area contributed by atoms with Gasteiger partial charge in [-0.2, -0.15) is 5.26 Å². The van der Waals surface area contributed by atoms with Gasteiger partial charge in [0.05, 0.1) is 12.1 Å². The Morgan fingerprint density at radius 2 is 2.00 bits per heavy atom. The number of nitrogens with one attached hydrogen (secondary N) is 1. The van der Waals surface area contributed by atoms with Crippen molar-refractivity contribution in [3.63, 3.8) is 0 Å². The van der Waals surface area contributed by atoms with E-state index in [2.05, 4.69) is 11.4 Å². The number of amides is 2. The number of likely N-dealkylation sites (tertiary alicyclic amines) is 1. The predicted molar refractivity (Wildman–Crippen MR) is 102 cm³/mol. The molecule has 6 heteroatoms. The summed E-state index contributed by atoms with van der Waals surface area (Å²) in [5, 5.41) is 12.4. The Morgan fingerprint density at radius 1 is 1.26 bits per heavy atom. The third-order valence-electron chi connectivity index (χ3n) is 5.00. The normalized spacial score (nSPS) is 21.3. The van der Waals surface area contributed by atoms with Gasteiger partial charge < -0.3 is 16.0 Å². The van der Waals surface area contributed by atoms with Crippen molar-refractivity contribution in [3.05, 3.63) is 59.9 Å². The van der Waals surface area contributed by atoms with Crippen molar-refractivity contribution in [2.75, 3.05) is 13.1 Å². The van der Waals surface area contributed by atoms with Crippen molar-refractivity contribution in [2.24, 2.45) is 5.73 Å². The van der Waals surface area contributed by atoms with Crippen LogP contribution in [-0.4, -0.2) is 36.1 Å². The number of nitrogens with two attached hydrogens (primary N) is 1. The first-order valence-electron chi connectivity index (χ1n) is 9.12. The maximum absolute atomic E-state index is 13.4. The van der Waals surface area contributed by atoms with Crippen LogP contribution in [-0.2, 0) is 0 Å². The fraction of sp³-hybridized carbons (Fsp3) is 0.333. The number of nitriles is 1. The second-order valence-electron chi connectivity index (χ2n) is 6.67. The maximum atomic E-state index is 13.4. The highest BCUT2D eigenvalue weighted by atomic mass is 19.1. The molecule has 2 aromatic carbocycles. The number of hydrogen-bond donors (Lipinski definition) is 2. The van der Waals surface area contributed by atoms with Crippen LogP contribution in [0.15, 0.2) is 48.5 Å². The van der Waals surface area contributed by atoms with Crippen LogP contribution < -0.4 is 11.1 Å². The highest BCUT2D eigenvalue weighted by molar-refractivity contribution is 5.77. The molecule has 0 bridgehead atoms. The molecule has 1 aliphatic heterocycles. The molecule has 5 nitrogen and oxygen atoms in total. The molecule has 0 aromatic heterocycles. The van der Waals surface area contributed by atoms with Crippen molar-refractivity contribution < 1.29 is 9.18 Å². The van der Waals surface area contributed by atoms with Crippen LogP contribution in [0.2, 0.25) is 0 Å². The molecule has 3 atom stereocenters. The summed E-state index contributed by atoms with van der Waals surface area (Å²) in [6, 6.07) is 15.3. The molecule has 0 saturated carbocycles. The number of halogens is 1. The van der Waals surface area contributed by atoms with E-state index in [1.54, 1.807) is 11.0 Å². The average Bonchev–Trinajstić information content (AvgIpc) is 2.67. The minimum absolute atomic E-state index is 0.131. The van der Waals surface area contributed by atoms with Gasteiger partial charge in [0.2, 0.25) is 0 Å². The van der Waals surface area contributed by atoms with Gasteiger partial charge in [-0.1, -0.05) is 43.3 Å².